The number of hydrogen-bond donors (Lipinski definition) is 1. The van der Waals surface area contributed by atoms with Crippen molar-refractivity contribution in [1.82, 2.24) is 0 Å². The second-order valence-electron chi connectivity index (χ2n) is 3.66. The normalized spacial score (nSPS) is 20.0. The van der Waals surface area contributed by atoms with E-state index in [0.717, 1.165) is 25.7 Å². The van der Waals surface area contributed by atoms with E-state index in [1.807, 2.05) is 13.8 Å². The summed E-state index contributed by atoms with van der Waals surface area (Å²) < 4.78 is 0. The number of hydrogen-bond acceptors (Lipinski definition) is 2. The molecule has 0 heterocycles. The standard InChI is InChI=1S/C9H16O2.C2H6/c1-8(10)7-9(11)5-3-2-4-6-9;1-2/h11H,2-7H2,1H3;1-2H3. The lowest BCUT2D eigenvalue weighted by Crippen LogP contribution is -2.33. The van der Waals surface area contributed by atoms with E-state index in [2.05, 4.69) is 0 Å². The quantitative estimate of drug-likeness (QED) is 0.720. The molecule has 78 valence electrons. The van der Waals surface area contributed by atoms with Gasteiger partial charge in [0.05, 0.1) is 5.60 Å². The maximum atomic E-state index is 10.8. The summed E-state index contributed by atoms with van der Waals surface area (Å²) in [4.78, 5) is 10.8. The molecule has 1 N–H and O–H groups in total. The minimum atomic E-state index is -0.649. The monoisotopic (exact) mass is 186 g/mol. The van der Waals surface area contributed by atoms with Gasteiger partial charge in [0.15, 0.2) is 0 Å². The molecule has 0 aromatic carbocycles. The lowest BCUT2D eigenvalue weighted by Gasteiger charge is -2.30. The van der Waals surface area contributed by atoms with E-state index in [0.29, 0.717) is 6.42 Å². The summed E-state index contributed by atoms with van der Waals surface area (Å²) in [5.74, 6) is 0.106. The molecule has 1 saturated carbocycles. The molecule has 0 aromatic heterocycles. The molecule has 2 heteroatoms. The van der Waals surface area contributed by atoms with Gasteiger partial charge in [-0.3, -0.25) is 4.79 Å². The minimum absolute atomic E-state index is 0.106. The van der Waals surface area contributed by atoms with Crippen molar-refractivity contribution >= 4 is 5.78 Å². The Bertz CT molecular complexity index is 146. The molecular weight excluding hydrogens is 164 g/mol. The molecule has 0 unspecified atom stereocenters. The molecule has 2 nitrogen and oxygen atoms in total. The molecule has 0 aromatic rings. The summed E-state index contributed by atoms with van der Waals surface area (Å²) in [5.41, 5.74) is -0.649. The number of Topliss-reactive ketones (excluding diaryl/α,β-unsaturated/α-hetero) is 1. The average molecular weight is 186 g/mol. The van der Waals surface area contributed by atoms with Gasteiger partial charge in [-0.1, -0.05) is 33.1 Å². The molecule has 0 radical (unpaired) electrons. The molecule has 1 fully saturated rings. The molecule has 0 atom stereocenters. The van der Waals surface area contributed by atoms with E-state index < -0.39 is 5.60 Å². The number of aliphatic hydroxyl groups is 1. The van der Waals surface area contributed by atoms with E-state index in [9.17, 15) is 9.90 Å². The largest absolute Gasteiger partial charge is 0.389 e. The van der Waals surface area contributed by atoms with Crippen molar-refractivity contribution in [2.45, 2.75) is 64.9 Å². The second kappa shape index (κ2) is 6.14. The molecule has 1 rings (SSSR count). The van der Waals surface area contributed by atoms with Crippen molar-refractivity contribution in [3.8, 4) is 0 Å². The van der Waals surface area contributed by atoms with Crippen LogP contribution < -0.4 is 0 Å². The predicted molar refractivity (Wildman–Crippen MR) is 54.7 cm³/mol. The first-order chi connectivity index (χ1) is 6.12. The fourth-order valence-electron chi connectivity index (χ4n) is 1.85. The van der Waals surface area contributed by atoms with Crippen molar-refractivity contribution in [3.63, 3.8) is 0 Å². The van der Waals surface area contributed by atoms with Gasteiger partial charge in [-0.05, 0) is 19.8 Å². The first-order valence-corrected chi connectivity index (χ1v) is 5.34. The van der Waals surface area contributed by atoms with E-state index >= 15 is 0 Å². The highest BCUT2D eigenvalue weighted by atomic mass is 16.3. The van der Waals surface area contributed by atoms with Crippen molar-refractivity contribution in [1.29, 1.82) is 0 Å². The molecule has 0 saturated heterocycles. The minimum Gasteiger partial charge on any atom is -0.389 e. The van der Waals surface area contributed by atoms with E-state index in [1.165, 1.54) is 6.42 Å². The third-order valence-corrected chi connectivity index (χ3v) is 2.36. The maximum absolute atomic E-state index is 10.8. The summed E-state index contributed by atoms with van der Waals surface area (Å²) in [5, 5.41) is 9.82. The molecule has 0 amide bonds. The highest BCUT2D eigenvalue weighted by Gasteiger charge is 2.29. The Hall–Kier alpha value is -0.370. The van der Waals surface area contributed by atoms with Gasteiger partial charge in [0.25, 0.3) is 0 Å². The highest BCUT2D eigenvalue weighted by molar-refractivity contribution is 5.76. The molecule has 0 bridgehead atoms. The van der Waals surface area contributed by atoms with Gasteiger partial charge in [-0.25, -0.2) is 0 Å². The van der Waals surface area contributed by atoms with Crippen LogP contribution in [0.3, 0.4) is 0 Å². The average Bonchev–Trinajstić information content (AvgIpc) is 2.07. The Labute approximate surface area is 81.3 Å². The van der Waals surface area contributed by atoms with Crippen molar-refractivity contribution in [2.75, 3.05) is 0 Å². The number of carbonyl (C=O) groups is 1. The molecule has 1 aliphatic rings. The number of ketones is 1. The second-order valence-corrected chi connectivity index (χ2v) is 3.66. The van der Waals surface area contributed by atoms with Crippen LogP contribution in [0.4, 0.5) is 0 Å². The van der Waals surface area contributed by atoms with Crippen LogP contribution in [0.2, 0.25) is 0 Å². The lowest BCUT2D eigenvalue weighted by molar-refractivity contribution is -0.123. The van der Waals surface area contributed by atoms with Crippen LogP contribution in [0.1, 0.15) is 59.3 Å². The summed E-state index contributed by atoms with van der Waals surface area (Å²) in [6.07, 6.45) is 5.33. The molecule has 13 heavy (non-hydrogen) atoms. The van der Waals surface area contributed by atoms with Crippen LogP contribution in [0.15, 0.2) is 0 Å². The zero-order chi connectivity index (χ0) is 10.3. The first-order valence-electron chi connectivity index (χ1n) is 5.34. The zero-order valence-corrected chi connectivity index (χ0v) is 9.10. The molecule has 0 aliphatic heterocycles. The third kappa shape index (κ3) is 5.04. The summed E-state index contributed by atoms with van der Waals surface area (Å²) in [6.45, 7) is 5.55. The van der Waals surface area contributed by atoms with Gasteiger partial charge in [-0.15, -0.1) is 0 Å². The summed E-state index contributed by atoms with van der Waals surface area (Å²) >= 11 is 0. The van der Waals surface area contributed by atoms with Crippen LogP contribution in [-0.4, -0.2) is 16.5 Å². The topological polar surface area (TPSA) is 37.3 Å². The van der Waals surface area contributed by atoms with Crippen molar-refractivity contribution in [3.05, 3.63) is 0 Å². The van der Waals surface area contributed by atoms with Crippen LogP contribution in [0.5, 0.6) is 0 Å². The molecular formula is C11H22O2. The van der Waals surface area contributed by atoms with Gasteiger partial charge >= 0.3 is 0 Å². The number of rotatable bonds is 2. The van der Waals surface area contributed by atoms with E-state index in [1.54, 1.807) is 6.92 Å². The van der Waals surface area contributed by atoms with Crippen LogP contribution in [0, 0.1) is 0 Å². The van der Waals surface area contributed by atoms with Gasteiger partial charge < -0.3 is 5.11 Å². The van der Waals surface area contributed by atoms with Gasteiger partial charge in [0, 0.05) is 6.42 Å². The van der Waals surface area contributed by atoms with Crippen molar-refractivity contribution in [2.24, 2.45) is 0 Å². The smallest absolute Gasteiger partial charge is 0.132 e. The van der Waals surface area contributed by atoms with Gasteiger partial charge in [0.2, 0.25) is 0 Å². The van der Waals surface area contributed by atoms with E-state index in [4.69, 9.17) is 0 Å². The van der Waals surface area contributed by atoms with Crippen molar-refractivity contribution < 1.29 is 9.90 Å². The summed E-state index contributed by atoms with van der Waals surface area (Å²) in [7, 11) is 0. The Morgan fingerprint density at radius 2 is 1.69 bits per heavy atom. The zero-order valence-electron chi connectivity index (χ0n) is 9.10. The predicted octanol–water partition coefficient (Wildman–Crippen LogP) is 2.69. The third-order valence-electron chi connectivity index (χ3n) is 2.36. The Kier molecular flexibility index (Phi) is 5.97. The fraction of sp³-hybridized carbons (Fsp3) is 0.909. The maximum Gasteiger partial charge on any atom is 0.132 e. The molecule has 1 aliphatic carbocycles. The Balaban J connectivity index is 0.000000671. The van der Waals surface area contributed by atoms with Crippen LogP contribution >= 0.6 is 0 Å². The van der Waals surface area contributed by atoms with Gasteiger partial charge in [0.1, 0.15) is 5.78 Å². The first kappa shape index (κ1) is 12.6. The lowest BCUT2D eigenvalue weighted by atomic mass is 9.82. The van der Waals surface area contributed by atoms with Crippen LogP contribution in [-0.2, 0) is 4.79 Å². The number of carbonyl (C=O) groups excluding carboxylic acids is 1. The van der Waals surface area contributed by atoms with E-state index in [-0.39, 0.29) is 5.78 Å². The Morgan fingerprint density at radius 3 is 2.08 bits per heavy atom. The SMILES string of the molecule is CC.CC(=O)CC1(O)CCCCC1. The highest BCUT2D eigenvalue weighted by Crippen LogP contribution is 2.30. The summed E-state index contributed by atoms with van der Waals surface area (Å²) in [6, 6.07) is 0. The fourth-order valence-corrected chi connectivity index (χ4v) is 1.85. The Morgan fingerprint density at radius 1 is 1.23 bits per heavy atom. The molecule has 0 spiro atoms. The van der Waals surface area contributed by atoms with Crippen LogP contribution in [0.25, 0.3) is 0 Å². The van der Waals surface area contributed by atoms with Gasteiger partial charge in [-0.2, -0.15) is 0 Å².